The number of piperidine rings is 1. The molecule has 0 radical (unpaired) electrons. The first-order valence-corrected chi connectivity index (χ1v) is 8.12. The molecule has 1 heterocycles. The number of hydrogen-bond acceptors (Lipinski definition) is 6. The molecule has 1 aliphatic heterocycles. The maximum atomic E-state index is 12.7. The van der Waals surface area contributed by atoms with Crippen LogP contribution in [0, 0.1) is 17.2 Å². The molecule has 0 unspecified atom stereocenters. The van der Waals surface area contributed by atoms with Crippen LogP contribution in [0.25, 0.3) is 0 Å². The molecule has 1 aromatic carbocycles. The summed E-state index contributed by atoms with van der Waals surface area (Å²) in [4.78, 5) is 38.3. The smallest absolute Gasteiger partial charge is 0.306 e. The summed E-state index contributed by atoms with van der Waals surface area (Å²) in [5.74, 6) is -2.50. The molecule has 2 amide bonds. The third-order valence-electron chi connectivity index (χ3n) is 4.21. The first kappa shape index (κ1) is 19.0. The number of carbonyl (C=O) groups excluding carboxylic acids is 2. The minimum atomic E-state index is -0.837. The fourth-order valence-corrected chi connectivity index (χ4v) is 2.78. The fourth-order valence-electron chi connectivity index (χ4n) is 2.78. The van der Waals surface area contributed by atoms with Crippen LogP contribution in [0.2, 0.25) is 0 Å². The molecule has 0 bridgehead atoms. The summed E-state index contributed by atoms with van der Waals surface area (Å²) in [6, 6.07) is 8.02. The molecule has 0 aromatic heterocycles. The van der Waals surface area contributed by atoms with E-state index in [-0.39, 0.29) is 5.57 Å². The van der Waals surface area contributed by atoms with Crippen LogP contribution in [0.5, 0.6) is 0 Å². The van der Waals surface area contributed by atoms with Gasteiger partial charge in [-0.05, 0) is 37.1 Å². The van der Waals surface area contributed by atoms with Gasteiger partial charge in [0.1, 0.15) is 11.6 Å². The van der Waals surface area contributed by atoms with Gasteiger partial charge in [-0.15, -0.1) is 0 Å². The van der Waals surface area contributed by atoms with Crippen LogP contribution in [0.4, 0.5) is 11.4 Å². The second kappa shape index (κ2) is 8.16. The predicted octanol–water partition coefficient (Wildman–Crippen LogP) is 1.35. The molecule has 3 N–H and O–H groups in total. The number of nitrogens with two attached hydrogens (primary N) is 1. The number of hydrogen-bond donors (Lipinski definition) is 2. The molecule has 0 aliphatic carbocycles. The van der Waals surface area contributed by atoms with Gasteiger partial charge in [0.2, 0.25) is 5.91 Å². The Kier molecular flexibility index (Phi) is 5.96. The minimum Gasteiger partial charge on any atom is -0.481 e. The number of carboxylic acids is 1. The Morgan fingerprint density at radius 2 is 1.85 bits per heavy atom. The zero-order valence-electron chi connectivity index (χ0n) is 14.4. The van der Waals surface area contributed by atoms with Crippen molar-refractivity contribution in [1.82, 2.24) is 4.90 Å². The number of nitriles is 1. The van der Waals surface area contributed by atoms with Gasteiger partial charge in [-0.3, -0.25) is 14.4 Å². The molecule has 1 saturated heterocycles. The van der Waals surface area contributed by atoms with Crippen molar-refractivity contribution in [3.05, 3.63) is 36.0 Å². The molecular weight excluding hydrogens is 336 g/mol. The molecule has 0 atom stereocenters. The van der Waals surface area contributed by atoms with Gasteiger partial charge in [0.05, 0.1) is 11.6 Å². The van der Waals surface area contributed by atoms with E-state index >= 15 is 0 Å². The van der Waals surface area contributed by atoms with Gasteiger partial charge in [-0.1, -0.05) is 0 Å². The van der Waals surface area contributed by atoms with Crippen molar-refractivity contribution in [3.8, 4) is 6.07 Å². The molecule has 8 heteroatoms. The lowest BCUT2D eigenvalue weighted by Gasteiger charge is -2.29. The maximum Gasteiger partial charge on any atom is 0.306 e. The van der Waals surface area contributed by atoms with Gasteiger partial charge in [-0.25, -0.2) is 4.90 Å². The molecule has 8 nitrogen and oxygen atoms in total. The van der Waals surface area contributed by atoms with Crippen LogP contribution in [-0.4, -0.2) is 40.9 Å². The standard InChI is InChI=1S/C18H20N4O4/c1-12(23)22(16-4-2-15(20)3-5-16)17(24)14(10-19)11-21-8-6-13(7-9-21)18(25)26/h2-5,11,13H,6-9,20H2,1H3,(H,25,26)/b14-11-. The van der Waals surface area contributed by atoms with Crippen molar-refractivity contribution in [3.63, 3.8) is 0 Å². The van der Waals surface area contributed by atoms with E-state index < -0.39 is 23.7 Å². The van der Waals surface area contributed by atoms with Gasteiger partial charge in [0.15, 0.2) is 0 Å². The average molecular weight is 356 g/mol. The molecule has 136 valence electrons. The number of aliphatic carboxylic acids is 1. The number of imide groups is 1. The lowest BCUT2D eigenvalue weighted by atomic mass is 9.97. The largest absolute Gasteiger partial charge is 0.481 e. The Morgan fingerprint density at radius 3 is 2.31 bits per heavy atom. The van der Waals surface area contributed by atoms with Crippen molar-refractivity contribution >= 4 is 29.2 Å². The number of carbonyl (C=O) groups is 3. The molecule has 1 fully saturated rings. The molecule has 1 aliphatic rings. The minimum absolute atomic E-state index is 0.189. The third-order valence-corrected chi connectivity index (χ3v) is 4.21. The van der Waals surface area contributed by atoms with E-state index in [4.69, 9.17) is 10.8 Å². The van der Waals surface area contributed by atoms with Gasteiger partial charge >= 0.3 is 5.97 Å². The van der Waals surface area contributed by atoms with Crippen LogP contribution in [0.1, 0.15) is 19.8 Å². The first-order valence-electron chi connectivity index (χ1n) is 8.12. The fraction of sp³-hybridized carbons (Fsp3) is 0.333. The Hall–Kier alpha value is -3.34. The summed E-state index contributed by atoms with van der Waals surface area (Å²) >= 11 is 0. The number of carboxylic acid groups (broad SMARTS) is 1. The maximum absolute atomic E-state index is 12.7. The lowest BCUT2D eigenvalue weighted by Crippen LogP contribution is -2.38. The van der Waals surface area contributed by atoms with E-state index in [1.807, 2.05) is 6.07 Å². The molecule has 0 spiro atoms. The summed E-state index contributed by atoms with van der Waals surface area (Å²) in [5, 5.41) is 18.4. The molecular formula is C18H20N4O4. The van der Waals surface area contributed by atoms with Crippen LogP contribution < -0.4 is 10.6 Å². The quantitative estimate of drug-likeness (QED) is 0.473. The number of benzene rings is 1. The molecule has 26 heavy (non-hydrogen) atoms. The van der Waals surface area contributed by atoms with Crippen molar-refractivity contribution < 1.29 is 19.5 Å². The van der Waals surface area contributed by atoms with Crippen LogP contribution in [-0.2, 0) is 14.4 Å². The van der Waals surface area contributed by atoms with Crippen molar-refractivity contribution in [1.29, 1.82) is 5.26 Å². The lowest BCUT2D eigenvalue weighted by molar-refractivity contribution is -0.143. The Balaban J connectivity index is 2.20. The Bertz CT molecular complexity index is 771. The van der Waals surface area contributed by atoms with Gasteiger partial charge in [0.25, 0.3) is 5.91 Å². The number of anilines is 2. The van der Waals surface area contributed by atoms with Crippen molar-refractivity contribution in [2.45, 2.75) is 19.8 Å². The van der Waals surface area contributed by atoms with Crippen molar-refractivity contribution in [2.24, 2.45) is 5.92 Å². The highest BCUT2D eigenvalue weighted by Gasteiger charge is 2.27. The second-order valence-electron chi connectivity index (χ2n) is 6.05. The van der Waals surface area contributed by atoms with E-state index in [0.717, 1.165) is 4.90 Å². The summed E-state index contributed by atoms with van der Waals surface area (Å²) in [5.41, 5.74) is 6.24. The van der Waals surface area contributed by atoms with E-state index in [1.54, 1.807) is 17.0 Å². The third kappa shape index (κ3) is 4.39. The Labute approximate surface area is 151 Å². The highest BCUT2D eigenvalue weighted by Crippen LogP contribution is 2.21. The van der Waals surface area contributed by atoms with Gasteiger partial charge < -0.3 is 15.7 Å². The van der Waals surface area contributed by atoms with Crippen LogP contribution in [0.3, 0.4) is 0 Å². The number of nitrogens with zero attached hydrogens (tertiary/aromatic N) is 3. The van der Waals surface area contributed by atoms with E-state index in [9.17, 15) is 19.6 Å². The number of likely N-dealkylation sites (tertiary alicyclic amines) is 1. The zero-order chi connectivity index (χ0) is 19.3. The highest BCUT2D eigenvalue weighted by molar-refractivity contribution is 6.21. The van der Waals surface area contributed by atoms with E-state index in [2.05, 4.69) is 0 Å². The molecule has 0 saturated carbocycles. The SMILES string of the molecule is CC(=O)N(C(=O)/C(C#N)=C\N1CCC(C(=O)O)CC1)c1ccc(N)cc1. The van der Waals surface area contributed by atoms with Crippen LogP contribution >= 0.6 is 0 Å². The summed E-state index contributed by atoms with van der Waals surface area (Å²) in [6.07, 6.45) is 2.27. The van der Waals surface area contributed by atoms with Crippen LogP contribution in [0.15, 0.2) is 36.0 Å². The average Bonchev–Trinajstić information content (AvgIpc) is 2.61. The van der Waals surface area contributed by atoms with Gasteiger partial charge in [0, 0.05) is 31.9 Å². The number of rotatable bonds is 4. The summed E-state index contributed by atoms with van der Waals surface area (Å²) in [7, 11) is 0. The molecule has 2 rings (SSSR count). The van der Waals surface area contributed by atoms with Gasteiger partial charge in [-0.2, -0.15) is 5.26 Å². The summed E-state index contributed by atoms with van der Waals surface area (Å²) < 4.78 is 0. The predicted molar refractivity (Wildman–Crippen MR) is 94.7 cm³/mol. The molecule has 1 aromatic rings. The monoisotopic (exact) mass is 356 g/mol. The second-order valence-corrected chi connectivity index (χ2v) is 6.05. The Morgan fingerprint density at radius 1 is 1.27 bits per heavy atom. The first-order chi connectivity index (χ1) is 12.3. The topological polar surface area (TPSA) is 128 Å². The van der Waals surface area contributed by atoms with Crippen molar-refractivity contribution in [2.75, 3.05) is 23.7 Å². The number of amides is 2. The highest BCUT2D eigenvalue weighted by atomic mass is 16.4. The summed E-state index contributed by atoms with van der Waals surface area (Å²) in [6.45, 7) is 2.09. The normalized spacial score (nSPS) is 15.2. The van der Waals surface area contributed by atoms with E-state index in [0.29, 0.717) is 37.3 Å². The number of nitrogen functional groups attached to an aromatic ring is 1. The van der Waals surface area contributed by atoms with E-state index in [1.165, 1.54) is 25.3 Å². The zero-order valence-corrected chi connectivity index (χ0v) is 14.4.